The molecule has 1 aliphatic carbocycles. The summed E-state index contributed by atoms with van der Waals surface area (Å²) < 4.78 is 8.16. The Balaban J connectivity index is 1.40. The number of hydrogen-bond donors (Lipinski definition) is 0. The third-order valence-corrected chi connectivity index (χ3v) is 5.39. The zero-order valence-corrected chi connectivity index (χ0v) is 14.1. The molecule has 1 aliphatic heterocycles. The van der Waals surface area contributed by atoms with Crippen LogP contribution in [-0.4, -0.2) is 43.6 Å². The lowest BCUT2D eigenvalue weighted by Gasteiger charge is -2.36. The van der Waals surface area contributed by atoms with E-state index < -0.39 is 0 Å². The van der Waals surface area contributed by atoms with Crippen LogP contribution in [-0.2, 0) is 13.0 Å². The monoisotopic (exact) mass is 335 g/mol. The summed E-state index contributed by atoms with van der Waals surface area (Å²) in [5.74, 6) is 2.43. The summed E-state index contributed by atoms with van der Waals surface area (Å²) in [6.07, 6.45) is 10.0. The maximum absolute atomic E-state index is 5.78. The predicted octanol–water partition coefficient (Wildman–Crippen LogP) is 3.03. The fourth-order valence-corrected chi connectivity index (χ4v) is 3.82. The van der Waals surface area contributed by atoms with Crippen molar-refractivity contribution in [3.8, 4) is 11.6 Å². The van der Waals surface area contributed by atoms with E-state index in [1.54, 1.807) is 18.6 Å². The quantitative estimate of drug-likeness (QED) is 0.736. The van der Waals surface area contributed by atoms with Crippen LogP contribution in [0.25, 0.3) is 11.0 Å². The maximum Gasteiger partial charge on any atom is 0.237 e. The van der Waals surface area contributed by atoms with Crippen LogP contribution in [0.4, 0.5) is 0 Å². The summed E-state index contributed by atoms with van der Waals surface area (Å²) in [4.78, 5) is 15.7. The summed E-state index contributed by atoms with van der Waals surface area (Å²) in [6.45, 7) is 3.27. The van der Waals surface area contributed by atoms with Gasteiger partial charge in [-0.3, -0.25) is 9.88 Å². The predicted molar refractivity (Wildman–Crippen MR) is 94.8 cm³/mol. The van der Waals surface area contributed by atoms with E-state index in [0.717, 1.165) is 43.4 Å². The van der Waals surface area contributed by atoms with Gasteiger partial charge < -0.3 is 9.30 Å². The lowest BCUT2D eigenvalue weighted by molar-refractivity contribution is 0.130. The largest absolute Gasteiger partial charge is 0.437 e. The van der Waals surface area contributed by atoms with Gasteiger partial charge in [0.15, 0.2) is 0 Å². The van der Waals surface area contributed by atoms with Crippen molar-refractivity contribution in [3.63, 3.8) is 0 Å². The second-order valence-electron chi connectivity index (χ2n) is 6.85. The highest BCUT2D eigenvalue weighted by atomic mass is 16.5. The average Bonchev–Trinajstić information content (AvgIpc) is 2.81. The Morgan fingerprint density at radius 3 is 2.84 bits per heavy atom. The van der Waals surface area contributed by atoms with Gasteiger partial charge in [-0.05, 0) is 25.0 Å². The summed E-state index contributed by atoms with van der Waals surface area (Å²) in [5, 5.41) is 0. The van der Waals surface area contributed by atoms with Crippen LogP contribution < -0.4 is 4.74 Å². The van der Waals surface area contributed by atoms with E-state index in [9.17, 15) is 0 Å². The molecular weight excluding hydrogens is 314 g/mol. The first kappa shape index (κ1) is 14.8. The third kappa shape index (κ3) is 2.76. The van der Waals surface area contributed by atoms with Gasteiger partial charge in [0.05, 0.1) is 17.2 Å². The molecule has 6 nitrogen and oxygen atoms in total. The van der Waals surface area contributed by atoms with E-state index in [0.29, 0.717) is 5.88 Å². The van der Waals surface area contributed by atoms with Gasteiger partial charge in [0.1, 0.15) is 11.6 Å². The molecule has 0 amide bonds. The normalized spacial score (nSPS) is 18.6. The fourth-order valence-electron chi connectivity index (χ4n) is 3.82. The molecule has 0 atom stereocenters. The van der Waals surface area contributed by atoms with Crippen LogP contribution in [0, 0.1) is 0 Å². The second kappa shape index (κ2) is 6.11. The maximum atomic E-state index is 5.78. The minimum Gasteiger partial charge on any atom is -0.437 e. The van der Waals surface area contributed by atoms with E-state index in [2.05, 4.69) is 25.5 Å². The number of aromatic nitrogens is 4. The van der Waals surface area contributed by atoms with E-state index >= 15 is 0 Å². The highest BCUT2D eigenvalue weighted by Crippen LogP contribution is 2.29. The van der Waals surface area contributed by atoms with Crippen molar-refractivity contribution in [2.45, 2.75) is 38.3 Å². The molecule has 2 aliphatic rings. The van der Waals surface area contributed by atoms with Crippen molar-refractivity contribution in [1.29, 1.82) is 0 Å². The van der Waals surface area contributed by atoms with Crippen LogP contribution in [0.1, 0.15) is 25.1 Å². The van der Waals surface area contributed by atoms with Crippen LogP contribution in [0.2, 0.25) is 0 Å². The molecule has 1 fully saturated rings. The van der Waals surface area contributed by atoms with E-state index in [1.165, 1.54) is 30.6 Å². The summed E-state index contributed by atoms with van der Waals surface area (Å²) in [5.41, 5.74) is 2.19. The first-order chi connectivity index (χ1) is 12.4. The summed E-state index contributed by atoms with van der Waals surface area (Å²) in [6, 6.07) is 6.90. The lowest BCUT2D eigenvalue weighted by atomic mass is 9.91. The number of benzene rings is 1. The van der Waals surface area contributed by atoms with Crippen LogP contribution in [0.15, 0.2) is 36.8 Å². The molecule has 0 radical (unpaired) electrons. The number of ether oxygens (including phenoxy) is 1. The van der Waals surface area contributed by atoms with Crippen LogP contribution in [0.3, 0.4) is 0 Å². The Labute approximate surface area is 146 Å². The van der Waals surface area contributed by atoms with Crippen LogP contribution in [0.5, 0.6) is 11.6 Å². The standard InChI is InChI=1S/C19H21N5O/c1-2-14(3-1)23-9-6-18-22-16-12-15(25-19-13-20-7-8-21-19)4-5-17(16)24(18)11-10-23/h4-5,7-8,12-14H,1-3,6,9-11H2. The van der Waals surface area contributed by atoms with Gasteiger partial charge in [-0.1, -0.05) is 6.42 Å². The third-order valence-electron chi connectivity index (χ3n) is 5.39. The fraction of sp³-hybridized carbons (Fsp3) is 0.421. The Morgan fingerprint density at radius 2 is 2.04 bits per heavy atom. The van der Waals surface area contributed by atoms with Gasteiger partial charge in [0, 0.05) is 50.6 Å². The molecule has 3 heterocycles. The van der Waals surface area contributed by atoms with Crippen molar-refractivity contribution in [1.82, 2.24) is 24.4 Å². The molecule has 2 aromatic heterocycles. The second-order valence-corrected chi connectivity index (χ2v) is 6.85. The van der Waals surface area contributed by atoms with E-state index in [4.69, 9.17) is 9.72 Å². The number of nitrogens with zero attached hydrogens (tertiary/aromatic N) is 5. The Morgan fingerprint density at radius 1 is 1.08 bits per heavy atom. The van der Waals surface area contributed by atoms with Gasteiger partial charge in [-0.2, -0.15) is 0 Å². The minimum absolute atomic E-state index is 0.499. The van der Waals surface area contributed by atoms with Gasteiger partial charge >= 0.3 is 0 Å². The number of fused-ring (bicyclic) bond motifs is 3. The smallest absolute Gasteiger partial charge is 0.237 e. The molecule has 0 unspecified atom stereocenters. The first-order valence-electron chi connectivity index (χ1n) is 9.04. The molecule has 0 bridgehead atoms. The lowest BCUT2D eigenvalue weighted by Crippen LogP contribution is -2.41. The molecule has 5 rings (SSSR count). The number of hydrogen-bond acceptors (Lipinski definition) is 5. The Kier molecular flexibility index (Phi) is 3.63. The summed E-state index contributed by atoms with van der Waals surface area (Å²) in [7, 11) is 0. The molecule has 3 aromatic rings. The molecule has 0 saturated heterocycles. The molecular formula is C19H21N5O. The molecule has 1 saturated carbocycles. The van der Waals surface area contributed by atoms with E-state index in [1.807, 2.05) is 12.1 Å². The van der Waals surface area contributed by atoms with Gasteiger partial charge in [0.25, 0.3) is 0 Å². The van der Waals surface area contributed by atoms with Crippen molar-refractivity contribution in [2.24, 2.45) is 0 Å². The zero-order chi connectivity index (χ0) is 16.6. The Bertz CT molecular complexity index is 887. The molecule has 25 heavy (non-hydrogen) atoms. The molecule has 6 heteroatoms. The van der Waals surface area contributed by atoms with Crippen molar-refractivity contribution in [3.05, 3.63) is 42.6 Å². The van der Waals surface area contributed by atoms with Crippen molar-refractivity contribution < 1.29 is 4.74 Å². The van der Waals surface area contributed by atoms with E-state index in [-0.39, 0.29) is 0 Å². The minimum atomic E-state index is 0.499. The number of rotatable bonds is 3. The SMILES string of the molecule is c1cnc(Oc2ccc3c(c2)nc2n3CCN(C3CCC3)CC2)cn1. The molecule has 0 N–H and O–H groups in total. The Hall–Kier alpha value is -2.47. The molecule has 1 aromatic carbocycles. The van der Waals surface area contributed by atoms with Crippen molar-refractivity contribution in [2.75, 3.05) is 13.1 Å². The number of imidazole rings is 1. The summed E-state index contributed by atoms with van der Waals surface area (Å²) >= 11 is 0. The topological polar surface area (TPSA) is 56.1 Å². The highest BCUT2D eigenvalue weighted by molar-refractivity contribution is 5.78. The molecule has 128 valence electrons. The molecule has 0 spiro atoms. The zero-order valence-electron chi connectivity index (χ0n) is 14.1. The van der Waals surface area contributed by atoms with Gasteiger partial charge in [-0.15, -0.1) is 0 Å². The highest BCUT2D eigenvalue weighted by Gasteiger charge is 2.27. The van der Waals surface area contributed by atoms with Gasteiger partial charge in [-0.25, -0.2) is 9.97 Å². The van der Waals surface area contributed by atoms with Crippen molar-refractivity contribution >= 4 is 11.0 Å². The van der Waals surface area contributed by atoms with Gasteiger partial charge in [0.2, 0.25) is 5.88 Å². The van der Waals surface area contributed by atoms with Crippen LogP contribution >= 0.6 is 0 Å². The first-order valence-corrected chi connectivity index (χ1v) is 9.04. The average molecular weight is 335 g/mol.